The van der Waals surface area contributed by atoms with E-state index in [1.54, 1.807) is 39.0 Å². The summed E-state index contributed by atoms with van der Waals surface area (Å²) in [6, 6.07) is 15.1. The van der Waals surface area contributed by atoms with Gasteiger partial charge in [0.05, 0.1) is 13.1 Å². The lowest BCUT2D eigenvalue weighted by Crippen LogP contribution is -2.51. The van der Waals surface area contributed by atoms with Crippen molar-refractivity contribution in [2.75, 3.05) is 103 Å². The van der Waals surface area contributed by atoms with Crippen molar-refractivity contribution in [2.24, 2.45) is 5.92 Å². The summed E-state index contributed by atoms with van der Waals surface area (Å²) in [5.41, 5.74) is 2.15. The number of hydrazine groups is 1. The monoisotopic (exact) mass is 876 g/mol. The average molecular weight is 877 g/mol. The number of rotatable bonds is 16. The van der Waals surface area contributed by atoms with E-state index < -0.39 is 11.7 Å². The molecule has 0 bridgehead atoms. The van der Waals surface area contributed by atoms with Gasteiger partial charge in [0.15, 0.2) is 5.82 Å². The SMILES string of the molecule is CCNc1ncc2c(n1)N(C)CCN(c1cccc(CCCN(C(=O)OC(C)(C)C)N3CCN(c4cccc(OCCN(C)C(=O)C5CC5)c4)C(=O)c4cnc(NCC)nc43)c1)C2=O. The molecule has 2 N–H and O–H groups in total. The van der Waals surface area contributed by atoms with Gasteiger partial charge in [-0.3, -0.25) is 19.4 Å². The number of amides is 4. The lowest BCUT2D eigenvalue weighted by molar-refractivity contribution is -0.131. The fraction of sp³-hybridized carbons (Fsp3) is 0.478. The number of carbonyl (C=O) groups excluding carboxylic acids is 4. The third-order valence-corrected chi connectivity index (χ3v) is 11.0. The van der Waals surface area contributed by atoms with Crippen LogP contribution in [0.25, 0.3) is 0 Å². The van der Waals surface area contributed by atoms with Crippen LogP contribution in [0.5, 0.6) is 5.75 Å². The van der Waals surface area contributed by atoms with Gasteiger partial charge < -0.3 is 39.7 Å². The van der Waals surface area contributed by atoms with E-state index in [1.807, 2.05) is 89.0 Å². The van der Waals surface area contributed by atoms with Crippen LogP contribution < -0.4 is 35.1 Å². The third-order valence-electron chi connectivity index (χ3n) is 11.0. The highest BCUT2D eigenvalue weighted by molar-refractivity contribution is 6.10. The average Bonchev–Trinajstić information content (AvgIpc) is 4.14. The van der Waals surface area contributed by atoms with Crippen LogP contribution in [0, 0.1) is 5.92 Å². The molecule has 1 fully saturated rings. The van der Waals surface area contributed by atoms with Crippen molar-refractivity contribution in [3.63, 3.8) is 0 Å². The number of carbonyl (C=O) groups is 4. The summed E-state index contributed by atoms with van der Waals surface area (Å²) in [4.78, 5) is 80.5. The quantitative estimate of drug-likeness (QED) is 0.139. The molecule has 0 saturated heterocycles. The summed E-state index contributed by atoms with van der Waals surface area (Å²) in [5, 5.41) is 9.52. The Balaban J connectivity index is 1.11. The molecule has 18 heteroatoms. The molecular formula is C46H60N12O6. The van der Waals surface area contributed by atoms with Crippen LogP contribution in [0.1, 0.15) is 80.2 Å². The molecule has 1 saturated carbocycles. The first-order valence-electron chi connectivity index (χ1n) is 22.2. The molecule has 4 aromatic rings. The summed E-state index contributed by atoms with van der Waals surface area (Å²) in [5.74, 6) is 1.96. The standard InChI is InChI=1S/C46H60N12O6/c1-8-47-43-49-29-36-38(51-43)53(6)21-22-55(41(36)60)33-15-10-13-31(27-33)14-12-20-58(45(62)64-46(3,4)5)57-24-23-56(42(61)37-30-50-44(48-9-2)52-39(37)57)34-16-11-17-35(28-34)63-26-25-54(7)40(59)32-18-19-32/h10-11,13,15-17,27-30,32H,8-9,12,14,18-26H2,1-7H3,(H,47,49,51)(H,48,50,52). The third kappa shape index (κ3) is 10.7. The van der Waals surface area contributed by atoms with Gasteiger partial charge in [0.25, 0.3) is 11.8 Å². The molecule has 0 unspecified atom stereocenters. The number of hydrogen-bond donors (Lipinski definition) is 2. The Morgan fingerprint density at radius 1 is 0.812 bits per heavy atom. The van der Waals surface area contributed by atoms with Crippen molar-refractivity contribution in [1.82, 2.24) is 29.8 Å². The molecule has 0 spiro atoms. The number of benzene rings is 2. The molecule has 2 aromatic heterocycles. The molecular weight excluding hydrogens is 817 g/mol. The summed E-state index contributed by atoms with van der Waals surface area (Å²) in [6.45, 7) is 12.9. The number of aryl methyl sites for hydroxylation is 1. The first kappa shape index (κ1) is 45.3. The number of hydrogen-bond acceptors (Lipinski definition) is 14. The molecule has 3 aliphatic rings. The van der Waals surface area contributed by atoms with Crippen LogP contribution in [0.15, 0.2) is 60.9 Å². The summed E-state index contributed by atoms with van der Waals surface area (Å²) < 4.78 is 12.1. The van der Waals surface area contributed by atoms with Crippen molar-refractivity contribution >= 4 is 58.7 Å². The maximum Gasteiger partial charge on any atom is 0.429 e. The van der Waals surface area contributed by atoms with Crippen molar-refractivity contribution in [1.29, 1.82) is 0 Å². The summed E-state index contributed by atoms with van der Waals surface area (Å²) >= 11 is 0. The van der Waals surface area contributed by atoms with Gasteiger partial charge in [-0.2, -0.15) is 9.97 Å². The number of ether oxygens (including phenoxy) is 2. The van der Waals surface area contributed by atoms with Gasteiger partial charge in [-0.15, -0.1) is 0 Å². The molecule has 4 heterocycles. The Bertz CT molecular complexity index is 2330. The summed E-state index contributed by atoms with van der Waals surface area (Å²) in [7, 11) is 3.71. The first-order valence-corrected chi connectivity index (χ1v) is 22.2. The Morgan fingerprint density at radius 3 is 2.06 bits per heavy atom. The number of nitrogens with zero attached hydrogens (tertiary/aromatic N) is 10. The normalized spacial score (nSPS) is 15.2. The van der Waals surface area contributed by atoms with E-state index in [-0.39, 0.29) is 54.7 Å². The number of fused-ring (bicyclic) bond motifs is 2. The van der Waals surface area contributed by atoms with Crippen LogP contribution in [0.2, 0.25) is 0 Å². The number of anilines is 6. The van der Waals surface area contributed by atoms with Gasteiger partial charge in [-0.05, 0) is 90.1 Å². The van der Waals surface area contributed by atoms with Gasteiger partial charge in [0.1, 0.15) is 34.9 Å². The van der Waals surface area contributed by atoms with E-state index in [0.29, 0.717) is 86.9 Å². The molecule has 4 amide bonds. The number of aromatic nitrogens is 4. The van der Waals surface area contributed by atoms with E-state index in [4.69, 9.17) is 14.5 Å². The van der Waals surface area contributed by atoms with Crippen molar-refractivity contribution in [3.05, 3.63) is 77.6 Å². The molecule has 2 aromatic carbocycles. The van der Waals surface area contributed by atoms with E-state index in [9.17, 15) is 19.2 Å². The van der Waals surface area contributed by atoms with Crippen LogP contribution in [-0.2, 0) is 16.0 Å². The topological polar surface area (TPSA) is 182 Å². The minimum atomic E-state index is -0.813. The fourth-order valence-corrected chi connectivity index (χ4v) is 7.63. The minimum absolute atomic E-state index is 0.130. The Morgan fingerprint density at radius 2 is 1.42 bits per heavy atom. The van der Waals surface area contributed by atoms with Gasteiger partial charge in [0.2, 0.25) is 17.8 Å². The highest BCUT2D eigenvalue weighted by Gasteiger charge is 2.36. The zero-order valence-corrected chi connectivity index (χ0v) is 38.0. The molecule has 7 rings (SSSR count). The van der Waals surface area contributed by atoms with Crippen molar-refractivity contribution in [2.45, 2.75) is 65.9 Å². The zero-order valence-electron chi connectivity index (χ0n) is 38.0. The Labute approximate surface area is 374 Å². The van der Waals surface area contributed by atoms with Crippen molar-refractivity contribution < 1.29 is 28.7 Å². The zero-order chi connectivity index (χ0) is 45.5. The molecule has 0 radical (unpaired) electrons. The Hall–Kier alpha value is -6.72. The molecule has 64 heavy (non-hydrogen) atoms. The largest absolute Gasteiger partial charge is 0.492 e. The van der Waals surface area contributed by atoms with Gasteiger partial charge in [-0.25, -0.2) is 19.8 Å². The van der Waals surface area contributed by atoms with Crippen LogP contribution in [-0.4, -0.2) is 132 Å². The van der Waals surface area contributed by atoms with Gasteiger partial charge in [0, 0.05) is 89.1 Å². The van der Waals surface area contributed by atoms with Gasteiger partial charge in [-0.1, -0.05) is 18.2 Å². The highest BCUT2D eigenvalue weighted by atomic mass is 16.6. The molecule has 18 nitrogen and oxygen atoms in total. The molecule has 2 aliphatic heterocycles. The van der Waals surface area contributed by atoms with Crippen LogP contribution in [0.3, 0.4) is 0 Å². The Kier molecular flexibility index (Phi) is 14.0. The number of nitrogens with one attached hydrogen (secondary N) is 2. The fourth-order valence-electron chi connectivity index (χ4n) is 7.63. The second kappa shape index (κ2) is 19.8. The van der Waals surface area contributed by atoms with E-state index in [0.717, 1.165) is 24.1 Å². The second-order valence-corrected chi connectivity index (χ2v) is 17.1. The molecule has 340 valence electrons. The number of likely N-dealkylation sites (N-methyl/N-ethyl adjacent to an activating group) is 2. The van der Waals surface area contributed by atoms with E-state index >= 15 is 0 Å². The second-order valence-electron chi connectivity index (χ2n) is 17.1. The van der Waals surface area contributed by atoms with E-state index in [2.05, 4.69) is 25.6 Å². The van der Waals surface area contributed by atoms with Crippen LogP contribution in [0.4, 0.5) is 39.7 Å². The smallest absolute Gasteiger partial charge is 0.429 e. The van der Waals surface area contributed by atoms with Crippen LogP contribution >= 0.6 is 0 Å². The lowest BCUT2D eigenvalue weighted by atomic mass is 10.1. The predicted octanol–water partition coefficient (Wildman–Crippen LogP) is 5.73. The van der Waals surface area contributed by atoms with Crippen molar-refractivity contribution in [3.8, 4) is 5.75 Å². The highest BCUT2D eigenvalue weighted by Crippen LogP contribution is 2.33. The minimum Gasteiger partial charge on any atom is -0.492 e. The maximum absolute atomic E-state index is 14.5. The molecule has 1 aliphatic carbocycles. The molecule has 0 atom stereocenters. The maximum atomic E-state index is 14.5. The predicted molar refractivity (Wildman–Crippen MR) is 246 cm³/mol. The van der Waals surface area contributed by atoms with E-state index in [1.165, 1.54) is 11.2 Å². The summed E-state index contributed by atoms with van der Waals surface area (Å²) in [6.07, 6.45) is 5.45. The first-order chi connectivity index (χ1) is 30.7. The lowest BCUT2D eigenvalue weighted by Gasteiger charge is -2.36. The van der Waals surface area contributed by atoms with Gasteiger partial charge >= 0.3 is 6.09 Å².